The number of hydrogen-bond donors (Lipinski definition) is 0. The van der Waals surface area contributed by atoms with Crippen LogP contribution in [0.15, 0.2) is 11.2 Å². The molecule has 0 fully saturated rings. The van der Waals surface area contributed by atoms with Crippen molar-refractivity contribution in [2.45, 2.75) is 32.5 Å². The van der Waals surface area contributed by atoms with Crippen molar-refractivity contribution < 1.29 is 9.53 Å². The molecule has 7 heteroatoms. The van der Waals surface area contributed by atoms with Gasteiger partial charge in [0.15, 0.2) is 10.9 Å². The van der Waals surface area contributed by atoms with Crippen LogP contribution in [0.25, 0.3) is 0 Å². The first-order valence-corrected chi connectivity index (χ1v) is 8.12. The molecule has 0 radical (unpaired) electrons. The first-order valence-electron chi connectivity index (χ1n) is 7.13. The smallest absolute Gasteiger partial charge is 0.191 e. The Kier molecular flexibility index (Phi) is 5.42. The van der Waals surface area contributed by atoms with Crippen molar-refractivity contribution in [2.75, 3.05) is 19.5 Å². The molecule has 2 heterocycles. The molecule has 0 aliphatic heterocycles. The molecule has 2 aromatic rings. The molecular formula is C15H22N4O2S. The summed E-state index contributed by atoms with van der Waals surface area (Å²) >= 11 is 1.42. The lowest BCUT2D eigenvalue weighted by Gasteiger charge is -2.08. The molecule has 2 rings (SSSR count). The number of hydrogen-bond acceptors (Lipinski definition) is 5. The second-order valence-corrected chi connectivity index (χ2v) is 6.17. The average Bonchev–Trinajstić information content (AvgIpc) is 2.96. The number of nitrogens with zero attached hydrogens (tertiary/aromatic N) is 4. The van der Waals surface area contributed by atoms with Crippen LogP contribution in [0.4, 0.5) is 0 Å². The molecule has 0 bridgehead atoms. The lowest BCUT2D eigenvalue weighted by atomic mass is 10.2. The Hall–Kier alpha value is -1.60. The number of carbonyl (C=O) groups excluding carboxylic acids is 1. The Morgan fingerprint density at radius 1 is 1.32 bits per heavy atom. The van der Waals surface area contributed by atoms with Crippen LogP contribution < -0.4 is 0 Å². The molecule has 0 aromatic carbocycles. The summed E-state index contributed by atoms with van der Waals surface area (Å²) in [5.41, 5.74) is 2.85. The van der Waals surface area contributed by atoms with Crippen LogP contribution in [-0.4, -0.2) is 44.6 Å². The standard InChI is InChI=1S/C15H22N4O2S/c1-10-8-13(11(2)19(10)6-7-21-5)14(20)9-22-15-17-16-12(3)18(15)4/h8H,6-7,9H2,1-5H3. The fraction of sp³-hybridized carbons (Fsp3) is 0.533. The number of carbonyl (C=O) groups is 1. The molecule has 0 unspecified atom stereocenters. The van der Waals surface area contributed by atoms with Crippen LogP contribution >= 0.6 is 11.8 Å². The predicted molar refractivity (Wildman–Crippen MR) is 86.6 cm³/mol. The zero-order valence-electron chi connectivity index (χ0n) is 13.7. The van der Waals surface area contributed by atoms with Gasteiger partial charge in [0.05, 0.1) is 12.4 Å². The highest BCUT2D eigenvalue weighted by atomic mass is 32.2. The van der Waals surface area contributed by atoms with E-state index in [4.69, 9.17) is 4.74 Å². The number of aryl methyl sites for hydroxylation is 2. The third-order valence-electron chi connectivity index (χ3n) is 3.78. The Balaban J connectivity index is 2.08. The van der Waals surface area contributed by atoms with Crippen LogP contribution in [0.3, 0.4) is 0 Å². The minimum atomic E-state index is 0.113. The number of Topliss-reactive ketones (excluding diaryl/α,β-unsaturated/α-hetero) is 1. The van der Waals surface area contributed by atoms with Gasteiger partial charge in [-0.1, -0.05) is 11.8 Å². The van der Waals surface area contributed by atoms with E-state index < -0.39 is 0 Å². The molecule has 0 atom stereocenters. The molecule has 0 aliphatic carbocycles. The van der Waals surface area contributed by atoms with Crippen molar-refractivity contribution in [2.24, 2.45) is 7.05 Å². The molecule has 0 saturated carbocycles. The van der Waals surface area contributed by atoms with Crippen molar-refractivity contribution in [3.8, 4) is 0 Å². The maximum absolute atomic E-state index is 12.5. The van der Waals surface area contributed by atoms with E-state index in [1.54, 1.807) is 7.11 Å². The van der Waals surface area contributed by atoms with Gasteiger partial charge in [-0.15, -0.1) is 10.2 Å². The molecule has 0 aliphatic rings. The summed E-state index contributed by atoms with van der Waals surface area (Å²) < 4.78 is 9.13. The molecule has 0 saturated heterocycles. The van der Waals surface area contributed by atoms with E-state index in [1.165, 1.54) is 11.8 Å². The molecule has 0 amide bonds. The highest BCUT2D eigenvalue weighted by Crippen LogP contribution is 2.21. The Labute approximate surface area is 134 Å². The highest BCUT2D eigenvalue weighted by molar-refractivity contribution is 7.99. The maximum Gasteiger partial charge on any atom is 0.191 e. The Bertz CT molecular complexity index is 675. The van der Waals surface area contributed by atoms with Crippen molar-refractivity contribution in [1.82, 2.24) is 19.3 Å². The minimum Gasteiger partial charge on any atom is -0.383 e. The van der Waals surface area contributed by atoms with Crippen LogP contribution in [0.2, 0.25) is 0 Å². The normalized spacial score (nSPS) is 11.1. The monoisotopic (exact) mass is 322 g/mol. The average molecular weight is 322 g/mol. The van der Waals surface area contributed by atoms with Crippen molar-refractivity contribution in [1.29, 1.82) is 0 Å². The molecule has 0 N–H and O–H groups in total. The van der Waals surface area contributed by atoms with E-state index in [9.17, 15) is 4.79 Å². The van der Waals surface area contributed by atoms with Crippen molar-refractivity contribution >= 4 is 17.5 Å². The van der Waals surface area contributed by atoms with Crippen LogP contribution in [0.5, 0.6) is 0 Å². The topological polar surface area (TPSA) is 61.9 Å². The molecule has 6 nitrogen and oxygen atoms in total. The summed E-state index contributed by atoms with van der Waals surface area (Å²) in [5.74, 6) is 1.32. The van der Waals surface area contributed by atoms with E-state index in [0.29, 0.717) is 12.4 Å². The molecule has 0 spiro atoms. The third-order valence-corrected chi connectivity index (χ3v) is 4.80. The minimum absolute atomic E-state index is 0.113. The zero-order valence-corrected chi connectivity index (χ0v) is 14.5. The first kappa shape index (κ1) is 16.8. The lowest BCUT2D eigenvalue weighted by Crippen LogP contribution is -2.10. The van der Waals surface area contributed by atoms with Gasteiger partial charge < -0.3 is 13.9 Å². The van der Waals surface area contributed by atoms with Gasteiger partial charge in [-0.2, -0.15) is 0 Å². The van der Waals surface area contributed by atoms with Crippen molar-refractivity contribution in [3.63, 3.8) is 0 Å². The number of ketones is 1. The van der Waals surface area contributed by atoms with Gasteiger partial charge in [0.2, 0.25) is 0 Å². The van der Waals surface area contributed by atoms with Crippen LogP contribution in [-0.2, 0) is 18.3 Å². The summed E-state index contributed by atoms with van der Waals surface area (Å²) in [6, 6.07) is 1.95. The molecule has 22 heavy (non-hydrogen) atoms. The van der Waals surface area contributed by atoms with Gasteiger partial charge in [-0.3, -0.25) is 4.79 Å². The third kappa shape index (κ3) is 3.41. The number of methoxy groups -OCH3 is 1. The molecule has 2 aromatic heterocycles. The van der Waals surface area contributed by atoms with E-state index in [0.717, 1.165) is 34.5 Å². The number of thioether (sulfide) groups is 1. The van der Waals surface area contributed by atoms with E-state index in [2.05, 4.69) is 14.8 Å². The van der Waals surface area contributed by atoms with Crippen LogP contribution in [0.1, 0.15) is 27.6 Å². The predicted octanol–water partition coefficient (Wildman–Crippen LogP) is 2.16. The van der Waals surface area contributed by atoms with Gasteiger partial charge in [-0.25, -0.2) is 0 Å². The fourth-order valence-corrected chi connectivity index (χ4v) is 3.17. The van der Waals surface area contributed by atoms with Gasteiger partial charge in [-0.05, 0) is 26.8 Å². The second kappa shape index (κ2) is 7.11. The quantitative estimate of drug-likeness (QED) is 0.577. The van der Waals surface area contributed by atoms with Gasteiger partial charge >= 0.3 is 0 Å². The Morgan fingerprint density at radius 2 is 2.05 bits per heavy atom. The van der Waals surface area contributed by atoms with E-state index in [-0.39, 0.29) is 5.78 Å². The Morgan fingerprint density at radius 3 is 2.64 bits per heavy atom. The summed E-state index contributed by atoms with van der Waals surface area (Å²) in [6.07, 6.45) is 0. The summed E-state index contributed by atoms with van der Waals surface area (Å²) in [4.78, 5) is 12.5. The second-order valence-electron chi connectivity index (χ2n) is 5.23. The van der Waals surface area contributed by atoms with E-state index >= 15 is 0 Å². The first-order chi connectivity index (χ1) is 10.5. The lowest BCUT2D eigenvalue weighted by molar-refractivity contribution is 0.102. The zero-order chi connectivity index (χ0) is 16.3. The summed E-state index contributed by atoms with van der Waals surface area (Å²) in [7, 11) is 3.58. The number of aromatic nitrogens is 4. The van der Waals surface area contributed by atoms with Gasteiger partial charge in [0, 0.05) is 37.7 Å². The number of ether oxygens (including phenoxy) is 1. The summed E-state index contributed by atoms with van der Waals surface area (Å²) in [5, 5.41) is 8.83. The fourth-order valence-electron chi connectivity index (χ4n) is 2.33. The largest absolute Gasteiger partial charge is 0.383 e. The maximum atomic E-state index is 12.5. The summed E-state index contributed by atoms with van der Waals surface area (Å²) in [6.45, 7) is 7.28. The van der Waals surface area contributed by atoms with Gasteiger partial charge in [0.25, 0.3) is 0 Å². The highest BCUT2D eigenvalue weighted by Gasteiger charge is 2.17. The molecular weight excluding hydrogens is 300 g/mol. The number of rotatable bonds is 7. The van der Waals surface area contributed by atoms with Crippen molar-refractivity contribution in [3.05, 3.63) is 28.8 Å². The van der Waals surface area contributed by atoms with Gasteiger partial charge in [0.1, 0.15) is 5.82 Å². The van der Waals surface area contributed by atoms with E-state index in [1.807, 2.05) is 38.5 Å². The van der Waals surface area contributed by atoms with Crippen LogP contribution in [0, 0.1) is 20.8 Å². The molecule has 120 valence electrons. The SMILES string of the molecule is COCCn1c(C)cc(C(=O)CSc2nnc(C)n2C)c1C.